The van der Waals surface area contributed by atoms with E-state index in [0.29, 0.717) is 0 Å². The molecule has 3 nitrogen and oxygen atoms in total. The molecule has 20 heavy (non-hydrogen) atoms. The number of piperazine rings is 1. The lowest BCUT2D eigenvalue weighted by Crippen LogP contribution is -2.54. The Morgan fingerprint density at radius 1 is 0.900 bits per heavy atom. The summed E-state index contributed by atoms with van der Waals surface area (Å²) in [7, 11) is 0. The van der Waals surface area contributed by atoms with Crippen molar-refractivity contribution in [1.82, 2.24) is 14.7 Å². The molecule has 0 spiro atoms. The van der Waals surface area contributed by atoms with E-state index in [4.69, 9.17) is 0 Å². The molecule has 2 aliphatic heterocycles. The van der Waals surface area contributed by atoms with Crippen molar-refractivity contribution in [2.45, 2.75) is 59.0 Å². The minimum Gasteiger partial charge on any atom is -0.303 e. The van der Waals surface area contributed by atoms with Crippen LogP contribution in [0.5, 0.6) is 0 Å². The van der Waals surface area contributed by atoms with Gasteiger partial charge < -0.3 is 4.90 Å². The van der Waals surface area contributed by atoms with Crippen molar-refractivity contribution in [2.24, 2.45) is 5.92 Å². The van der Waals surface area contributed by atoms with Gasteiger partial charge in [-0.05, 0) is 45.2 Å². The highest BCUT2D eigenvalue weighted by Crippen LogP contribution is 2.20. The molecule has 0 aromatic heterocycles. The zero-order valence-corrected chi connectivity index (χ0v) is 14.1. The molecule has 0 aliphatic carbocycles. The van der Waals surface area contributed by atoms with Gasteiger partial charge in [0.1, 0.15) is 0 Å². The maximum Gasteiger partial charge on any atom is 0.0121 e. The van der Waals surface area contributed by atoms with Crippen molar-refractivity contribution in [3.05, 3.63) is 0 Å². The normalized spacial score (nSPS) is 26.2. The van der Waals surface area contributed by atoms with Crippen LogP contribution in [0.4, 0.5) is 0 Å². The fourth-order valence-electron chi connectivity index (χ4n) is 3.78. The summed E-state index contributed by atoms with van der Waals surface area (Å²) in [5.74, 6) is 0.811. The maximum absolute atomic E-state index is 2.77. The molecule has 0 N–H and O–H groups in total. The summed E-state index contributed by atoms with van der Waals surface area (Å²) in [6.45, 7) is 18.4. The zero-order valence-electron chi connectivity index (χ0n) is 14.1. The van der Waals surface area contributed by atoms with E-state index in [1.54, 1.807) is 0 Å². The number of likely N-dealkylation sites (tertiary alicyclic amines) is 1. The Morgan fingerprint density at radius 2 is 1.50 bits per heavy atom. The second kappa shape index (κ2) is 7.77. The predicted molar refractivity (Wildman–Crippen MR) is 87.2 cm³/mol. The molecule has 0 aromatic rings. The molecule has 0 amide bonds. The second-order valence-corrected chi connectivity index (χ2v) is 7.25. The van der Waals surface area contributed by atoms with Gasteiger partial charge in [0.15, 0.2) is 0 Å². The minimum atomic E-state index is 0.769. The lowest BCUT2D eigenvalue weighted by Gasteiger charge is -2.44. The quantitative estimate of drug-likeness (QED) is 0.767. The molecule has 118 valence electrons. The van der Waals surface area contributed by atoms with Crippen LogP contribution in [-0.4, -0.2) is 72.6 Å². The van der Waals surface area contributed by atoms with Crippen LogP contribution in [0, 0.1) is 5.92 Å². The fourth-order valence-corrected chi connectivity index (χ4v) is 3.78. The van der Waals surface area contributed by atoms with Crippen LogP contribution in [-0.2, 0) is 0 Å². The Kier molecular flexibility index (Phi) is 6.31. The summed E-state index contributed by atoms with van der Waals surface area (Å²) in [5.41, 5.74) is 0. The molecule has 2 fully saturated rings. The first kappa shape index (κ1) is 16.3. The number of rotatable bonds is 5. The smallest absolute Gasteiger partial charge is 0.0121 e. The third-order valence-electron chi connectivity index (χ3n) is 5.26. The van der Waals surface area contributed by atoms with Gasteiger partial charge in [-0.2, -0.15) is 0 Å². The van der Waals surface area contributed by atoms with E-state index in [1.807, 2.05) is 0 Å². The molecule has 1 unspecified atom stereocenters. The van der Waals surface area contributed by atoms with Gasteiger partial charge in [0.05, 0.1) is 0 Å². The average molecular weight is 281 g/mol. The highest BCUT2D eigenvalue weighted by molar-refractivity contribution is 4.84. The highest BCUT2D eigenvalue weighted by Gasteiger charge is 2.28. The predicted octanol–water partition coefficient (Wildman–Crippen LogP) is 2.52. The van der Waals surface area contributed by atoms with E-state index >= 15 is 0 Å². The summed E-state index contributed by atoms with van der Waals surface area (Å²) in [6.07, 6.45) is 4.06. The third-order valence-corrected chi connectivity index (χ3v) is 5.26. The molecule has 1 atom stereocenters. The Labute approximate surface area is 126 Å². The standard InChI is InChI=1S/C17H35N3/c1-5-16(4)19-10-12-20(13-11-19)17-6-8-18(9-7-17)14-15(2)3/h15-17H,5-14H2,1-4H3. The summed E-state index contributed by atoms with van der Waals surface area (Å²) in [4.78, 5) is 8.10. The number of hydrogen-bond donors (Lipinski definition) is 0. The first-order chi connectivity index (χ1) is 9.60. The molecule has 2 aliphatic rings. The van der Waals surface area contributed by atoms with Crippen LogP contribution < -0.4 is 0 Å². The van der Waals surface area contributed by atoms with E-state index in [2.05, 4.69) is 42.4 Å². The first-order valence-electron chi connectivity index (χ1n) is 8.80. The van der Waals surface area contributed by atoms with Gasteiger partial charge in [0.25, 0.3) is 0 Å². The summed E-state index contributed by atoms with van der Waals surface area (Å²) in [5, 5.41) is 0. The minimum absolute atomic E-state index is 0.769. The molecule has 0 radical (unpaired) electrons. The molecule has 0 bridgehead atoms. The summed E-state index contributed by atoms with van der Waals surface area (Å²) in [6, 6.07) is 1.63. The molecule has 2 rings (SSSR count). The van der Waals surface area contributed by atoms with Gasteiger partial charge in [0, 0.05) is 44.8 Å². The summed E-state index contributed by atoms with van der Waals surface area (Å²) >= 11 is 0. The van der Waals surface area contributed by atoms with E-state index < -0.39 is 0 Å². The molecule has 2 heterocycles. The van der Waals surface area contributed by atoms with Crippen LogP contribution in [0.2, 0.25) is 0 Å². The zero-order chi connectivity index (χ0) is 14.5. The molecule has 2 saturated heterocycles. The Hall–Kier alpha value is -0.120. The fraction of sp³-hybridized carbons (Fsp3) is 1.00. The molecular formula is C17H35N3. The highest BCUT2D eigenvalue weighted by atomic mass is 15.3. The van der Waals surface area contributed by atoms with Crippen molar-refractivity contribution in [2.75, 3.05) is 45.8 Å². The largest absolute Gasteiger partial charge is 0.303 e. The SMILES string of the molecule is CCC(C)N1CCN(C2CCN(CC(C)C)CC2)CC1. The van der Waals surface area contributed by atoms with Crippen LogP contribution in [0.3, 0.4) is 0 Å². The van der Waals surface area contributed by atoms with Crippen molar-refractivity contribution >= 4 is 0 Å². The van der Waals surface area contributed by atoms with Gasteiger partial charge in [-0.15, -0.1) is 0 Å². The lowest BCUT2D eigenvalue weighted by molar-refractivity contribution is 0.0431. The number of nitrogens with zero attached hydrogens (tertiary/aromatic N) is 3. The Balaban J connectivity index is 1.70. The van der Waals surface area contributed by atoms with E-state index in [9.17, 15) is 0 Å². The average Bonchev–Trinajstić information content (AvgIpc) is 2.47. The van der Waals surface area contributed by atoms with Crippen LogP contribution in [0.15, 0.2) is 0 Å². The topological polar surface area (TPSA) is 9.72 Å². The van der Waals surface area contributed by atoms with Crippen LogP contribution in [0.1, 0.15) is 47.0 Å². The van der Waals surface area contributed by atoms with Crippen LogP contribution >= 0.6 is 0 Å². The van der Waals surface area contributed by atoms with Crippen molar-refractivity contribution in [1.29, 1.82) is 0 Å². The Bertz CT molecular complexity index is 263. The molecule has 0 saturated carbocycles. The van der Waals surface area contributed by atoms with Crippen molar-refractivity contribution < 1.29 is 0 Å². The molecule has 3 heteroatoms. The molecule has 0 aromatic carbocycles. The first-order valence-corrected chi connectivity index (χ1v) is 8.80. The van der Waals surface area contributed by atoms with Gasteiger partial charge in [-0.3, -0.25) is 9.80 Å². The van der Waals surface area contributed by atoms with Gasteiger partial charge in [-0.1, -0.05) is 20.8 Å². The van der Waals surface area contributed by atoms with Gasteiger partial charge >= 0.3 is 0 Å². The molecular weight excluding hydrogens is 246 g/mol. The Morgan fingerprint density at radius 3 is 2.00 bits per heavy atom. The lowest BCUT2D eigenvalue weighted by atomic mass is 10.0. The van der Waals surface area contributed by atoms with Gasteiger partial charge in [0.2, 0.25) is 0 Å². The second-order valence-electron chi connectivity index (χ2n) is 7.25. The number of hydrogen-bond acceptors (Lipinski definition) is 3. The third kappa shape index (κ3) is 4.44. The van der Waals surface area contributed by atoms with Gasteiger partial charge in [-0.25, -0.2) is 0 Å². The van der Waals surface area contributed by atoms with Crippen LogP contribution in [0.25, 0.3) is 0 Å². The van der Waals surface area contributed by atoms with E-state index in [0.717, 1.165) is 18.0 Å². The monoisotopic (exact) mass is 281 g/mol. The maximum atomic E-state index is 2.77. The van der Waals surface area contributed by atoms with E-state index in [1.165, 1.54) is 65.1 Å². The van der Waals surface area contributed by atoms with Crippen molar-refractivity contribution in [3.8, 4) is 0 Å². The van der Waals surface area contributed by atoms with Crippen molar-refractivity contribution in [3.63, 3.8) is 0 Å². The number of piperidine rings is 1. The summed E-state index contributed by atoms with van der Waals surface area (Å²) < 4.78 is 0. The van der Waals surface area contributed by atoms with E-state index in [-0.39, 0.29) is 0 Å².